The molecule has 0 unspecified atom stereocenters. The Morgan fingerprint density at radius 3 is 2.77 bits per heavy atom. The highest BCUT2D eigenvalue weighted by molar-refractivity contribution is 5.69. The van der Waals surface area contributed by atoms with Crippen LogP contribution >= 0.6 is 0 Å². The zero-order valence-electron chi connectivity index (χ0n) is 7.80. The topological polar surface area (TPSA) is 38.0 Å². The molecular formula is C11H14N2. The molecule has 2 heteroatoms. The molecule has 0 aliphatic rings. The molecular weight excluding hydrogens is 160 g/mol. The minimum absolute atomic E-state index is 0.725. The molecule has 1 aromatic rings. The molecule has 68 valence electrons. The van der Waals surface area contributed by atoms with Crippen LogP contribution in [0.1, 0.15) is 5.56 Å². The summed E-state index contributed by atoms with van der Waals surface area (Å²) >= 11 is 0. The van der Waals surface area contributed by atoms with Crippen LogP contribution in [0.4, 0.5) is 11.4 Å². The Morgan fingerprint density at radius 1 is 1.54 bits per heavy atom. The van der Waals surface area contributed by atoms with Crippen LogP contribution in [0.5, 0.6) is 0 Å². The van der Waals surface area contributed by atoms with Gasteiger partial charge in [0.2, 0.25) is 0 Å². The smallest absolute Gasteiger partial charge is 0.0617 e. The number of nitrogens with two attached hydrogens (primary N) is 1. The Hall–Kier alpha value is -1.70. The Balaban J connectivity index is 2.89. The van der Waals surface area contributed by atoms with Crippen LogP contribution < -0.4 is 11.1 Å². The Bertz CT molecular complexity index is 340. The first kappa shape index (κ1) is 9.39. The molecule has 2 nitrogen and oxygen atoms in total. The van der Waals surface area contributed by atoms with E-state index >= 15 is 0 Å². The van der Waals surface area contributed by atoms with Gasteiger partial charge in [0.25, 0.3) is 0 Å². The molecule has 0 saturated heterocycles. The molecule has 0 aliphatic carbocycles. The lowest BCUT2D eigenvalue weighted by Gasteiger charge is -2.09. The maximum Gasteiger partial charge on any atom is 0.0617 e. The van der Waals surface area contributed by atoms with Crippen molar-refractivity contribution < 1.29 is 0 Å². The largest absolute Gasteiger partial charge is 0.397 e. The predicted octanol–water partition coefficient (Wildman–Crippen LogP) is 2.69. The van der Waals surface area contributed by atoms with Crippen molar-refractivity contribution in [3.05, 3.63) is 48.7 Å². The Kier molecular flexibility index (Phi) is 2.75. The molecule has 0 spiro atoms. The fraction of sp³-hybridized carbons (Fsp3) is 0.0909. The highest BCUT2D eigenvalue weighted by Gasteiger charge is 1.97. The summed E-state index contributed by atoms with van der Waals surface area (Å²) < 4.78 is 0. The van der Waals surface area contributed by atoms with Crippen LogP contribution in [-0.4, -0.2) is 0 Å². The molecule has 13 heavy (non-hydrogen) atoms. The Morgan fingerprint density at radius 2 is 2.23 bits per heavy atom. The standard InChI is InChI=1S/C11H14N2/c1-4-9(3)13-11-6-5-8(2)7-10(11)12/h4-7,13H,1,3,12H2,2H3. The van der Waals surface area contributed by atoms with Gasteiger partial charge in [0.05, 0.1) is 11.4 Å². The first-order chi connectivity index (χ1) is 6.13. The van der Waals surface area contributed by atoms with Gasteiger partial charge in [-0.25, -0.2) is 0 Å². The fourth-order valence-corrected chi connectivity index (χ4v) is 1.02. The van der Waals surface area contributed by atoms with Crippen molar-refractivity contribution in [3.8, 4) is 0 Å². The number of hydrogen-bond acceptors (Lipinski definition) is 2. The summed E-state index contributed by atoms with van der Waals surface area (Å²) in [5, 5.41) is 3.05. The second-order valence-electron chi connectivity index (χ2n) is 2.95. The van der Waals surface area contributed by atoms with Gasteiger partial charge in [-0.05, 0) is 30.7 Å². The van der Waals surface area contributed by atoms with E-state index in [0.29, 0.717) is 0 Å². The van der Waals surface area contributed by atoms with Crippen LogP contribution in [0.25, 0.3) is 0 Å². The second-order valence-corrected chi connectivity index (χ2v) is 2.95. The summed E-state index contributed by atoms with van der Waals surface area (Å²) in [5.74, 6) is 0. The average Bonchev–Trinajstić information content (AvgIpc) is 2.09. The van der Waals surface area contributed by atoms with E-state index < -0.39 is 0 Å². The van der Waals surface area contributed by atoms with Crippen molar-refractivity contribution in [1.82, 2.24) is 0 Å². The molecule has 1 rings (SSSR count). The molecule has 0 radical (unpaired) electrons. The predicted molar refractivity (Wildman–Crippen MR) is 58.6 cm³/mol. The second kappa shape index (κ2) is 3.81. The summed E-state index contributed by atoms with van der Waals surface area (Å²) in [7, 11) is 0. The summed E-state index contributed by atoms with van der Waals surface area (Å²) in [6.07, 6.45) is 1.65. The monoisotopic (exact) mass is 174 g/mol. The SMILES string of the molecule is C=CC(=C)Nc1ccc(C)cc1N. The van der Waals surface area contributed by atoms with Gasteiger partial charge in [0.1, 0.15) is 0 Å². The lowest BCUT2D eigenvalue weighted by atomic mass is 10.2. The molecule has 3 N–H and O–H groups in total. The van der Waals surface area contributed by atoms with Crippen LogP contribution in [0.15, 0.2) is 43.1 Å². The average molecular weight is 174 g/mol. The van der Waals surface area contributed by atoms with Gasteiger partial charge in [-0.3, -0.25) is 0 Å². The zero-order chi connectivity index (χ0) is 9.84. The van der Waals surface area contributed by atoms with Crippen molar-refractivity contribution in [2.24, 2.45) is 0 Å². The van der Waals surface area contributed by atoms with Crippen molar-refractivity contribution >= 4 is 11.4 Å². The third-order valence-electron chi connectivity index (χ3n) is 1.75. The molecule has 1 aromatic carbocycles. The van der Waals surface area contributed by atoms with Crippen molar-refractivity contribution in [1.29, 1.82) is 0 Å². The van der Waals surface area contributed by atoms with Crippen molar-refractivity contribution in [3.63, 3.8) is 0 Å². The van der Waals surface area contributed by atoms with Crippen LogP contribution in [0.2, 0.25) is 0 Å². The van der Waals surface area contributed by atoms with Crippen molar-refractivity contribution in [2.75, 3.05) is 11.1 Å². The van der Waals surface area contributed by atoms with Gasteiger partial charge < -0.3 is 11.1 Å². The number of rotatable bonds is 3. The quantitative estimate of drug-likeness (QED) is 0.546. The van der Waals surface area contributed by atoms with Gasteiger partial charge in [-0.2, -0.15) is 0 Å². The van der Waals surface area contributed by atoms with E-state index in [9.17, 15) is 0 Å². The van der Waals surface area contributed by atoms with E-state index in [4.69, 9.17) is 5.73 Å². The van der Waals surface area contributed by atoms with Crippen LogP contribution in [0, 0.1) is 6.92 Å². The van der Waals surface area contributed by atoms with E-state index in [1.54, 1.807) is 6.08 Å². The first-order valence-corrected chi connectivity index (χ1v) is 4.08. The summed E-state index contributed by atoms with van der Waals surface area (Å²) in [5.41, 5.74) is 9.27. The molecule has 0 amide bonds. The van der Waals surface area contributed by atoms with Gasteiger partial charge >= 0.3 is 0 Å². The van der Waals surface area contributed by atoms with Crippen LogP contribution in [-0.2, 0) is 0 Å². The molecule has 0 bridgehead atoms. The van der Waals surface area contributed by atoms with Crippen molar-refractivity contribution in [2.45, 2.75) is 6.92 Å². The number of hydrogen-bond donors (Lipinski definition) is 2. The summed E-state index contributed by atoms with van der Waals surface area (Å²) in [6, 6.07) is 5.84. The molecule has 0 fully saturated rings. The molecule has 0 atom stereocenters. The summed E-state index contributed by atoms with van der Waals surface area (Å²) in [4.78, 5) is 0. The van der Waals surface area contributed by atoms with Gasteiger partial charge in [0, 0.05) is 5.70 Å². The Labute approximate surface area is 78.8 Å². The molecule has 0 aromatic heterocycles. The fourth-order valence-electron chi connectivity index (χ4n) is 1.02. The first-order valence-electron chi connectivity index (χ1n) is 4.08. The lowest BCUT2D eigenvalue weighted by Crippen LogP contribution is -1.99. The molecule has 0 heterocycles. The van der Waals surface area contributed by atoms with Gasteiger partial charge in [0.15, 0.2) is 0 Å². The minimum Gasteiger partial charge on any atom is -0.397 e. The number of nitrogen functional groups attached to an aromatic ring is 1. The molecule has 0 aliphatic heterocycles. The number of nitrogens with one attached hydrogen (secondary N) is 1. The van der Waals surface area contributed by atoms with E-state index in [1.807, 2.05) is 25.1 Å². The number of aryl methyl sites for hydroxylation is 1. The lowest BCUT2D eigenvalue weighted by molar-refractivity contribution is 1.44. The maximum atomic E-state index is 5.79. The minimum atomic E-state index is 0.725. The number of anilines is 2. The van der Waals surface area contributed by atoms with Gasteiger partial charge in [-0.15, -0.1) is 0 Å². The van der Waals surface area contributed by atoms with E-state index in [1.165, 1.54) is 0 Å². The number of benzene rings is 1. The van der Waals surface area contributed by atoms with Crippen LogP contribution in [0.3, 0.4) is 0 Å². The highest BCUT2D eigenvalue weighted by atomic mass is 14.9. The normalized spacial score (nSPS) is 9.31. The third kappa shape index (κ3) is 2.37. The molecule has 0 saturated carbocycles. The van der Waals surface area contributed by atoms with E-state index in [-0.39, 0.29) is 0 Å². The van der Waals surface area contributed by atoms with Gasteiger partial charge in [-0.1, -0.05) is 19.2 Å². The third-order valence-corrected chi connectivity index (χ3v) is 1.75. The summed E-state index contributed by atoms with van der Waals surface area (Å²) in [6.45, 7) is 9.35. The maximum absolute atomic E-state index is 5.79. The van der Waals surface area contributed by atoms with E-state index in [2.05, 4.69) is 18.5 Å². The van der Waals surface area contributed by atoms with E-state index in [0.717, 1.165) is 22.6 Å². The highest BCUT2D eigenvalue weighted by Crippen LogP contribution is 2.20. The zero-order valence-corrected chi connectivity index (χ0v) is 7.80. The number of allylic oxidation sites excluding steroid dienone is 1.